The molecule has 0 aliphatic carbocycles. The Morgan fingerprint density at radius 1 is 0.909 bits per heavy atom. The Morgan fingerprint density at radius 2 is 1.58 bits per heavy atom. The van der Waals surface area contributed by atoms with Gasteiger partial charge in [-0.2, -0.15) is 8.78 Å². The Labute approximate surface area is 184 Å². The maximum Gasteiger partial charge on any atom is 0.230 e. The monoisotopic (exact) mass is 471 g/mol. The van der Waals surface area contributed by atoms with Crippen molar-refractivity contribution < 1.29 is 40.9 Å². The zero-order valence-electron chi connectivity index (χ0n) is 17.3. The molecule has 0 saturated carbocycles. The van der Waals surface area contributed by atoms with Gasteiger partial charge in [0, 0.05) is 25.7 Å². The Hall–Kier alpha value is -3.25. The highest BCUT2D eigenvalue weighted by molar-refractivity contribution is 5.87. The molecule has 2 aromatic carbocycles. The Balaban J connectivity index is 1.62. The van der Waals surface area contributed by atoms with E-state index in [0.29, 0.717) is 32.1 Å². The molecule has 1 saturated heterocycles. The van der Waals surface area contributed by atoms with Crippen molar-refractivity contribution in [3.05, 3.63) is 47.5 Å². The summed E-state index contributed by atoms with van der Waals surface area (Å²) in [6.45, 7) is 3.90. The second-order valence-electron chi connectivity index (χ2n) is 7.00. The summed E-state index contributed by atoms with van der Waals surface area (Å²) in [6.07, 6.45) is 1.02. The summed E-state index contributed by atoms with van der Waals surface area (Å²) in [6, 6.07) is 2.89. The summed E-state index contributed by atoms with van der Waals surface area (Å²) in [5.41, 5.74) is 0.242. The molecule has 33 heavy (non-hydrogen) atoms. The van der Waals surface area contributed by atoms with Crippen LogP contribution in [0.25, 0.3) is 10.9 Å². The first-order chi connectivity index (χ1) is 15.9. The lowest BCUT2D eigenvalue weighted by atomic mass is 10.2. The number of aromatic nitrogens is 2. The van der Waals surface area contributed by atoms with Crippen LogP contribution in [0.5, 0.6) is 23.1 Å². The number of benzene rings is 2. The number of nitrogens with zero attached hydrogens (tertiary/aromatic N) is 3. The summed E-state index contributed by atoms with van der Waals surface area (Å²) in [5.74, 6) is -12.1. The number of halogens is 5. The molecule has 1 aromatic heterocycles. The average Bonchev–Trinajstić information content (AvgIpc) is 2.84. The first-order valence-corrected chi connectivity index (χ1v) is 9.85. The fourth-order valence-electron chi connectivity index (χ4n) is 3.27. The molecule has 1 aliphatic heterocycles. The molecule has 0 N–H and O–H groups in total. The first-order valence-electron chi connectivity index (χ1n) is 9.85. The summed E-state index contributed by atoms with van der Waals surface area (Å²) in [5, 5.41) is 0.110. The normalized spacial score (nSPS) is 14.5. The van der Waals surface area contributed by atoms with Gasteiger partial charge in [-0.15, -0.1) is 0 Å². The maximum atomic E-state index is 14.0. The number of hydrogen-bond donors (Lipinski definition) is 0. The fourth-order valence-corrected chi connectivity index (χ4v) is 3.27. The lowest BCUT2D eigenvalue weighted by Crippen LogP contribution is -2.38. The van der Waals surface area contributed by atoms with Crippen molar-refractivity contribution in [3.8, 4) is 23.1 Å². The molecule has 1 aliphatic rings. The van der Waals surface area contributed by atoms with E-state index < -0.39 is 40.7 Å². The number of fused-ring (bicyclic) bond motifs is 1. The van der Waals surface area contributed by atoms with Gasteiger partial charge < -0.3 is 18.9 Å². The molecule has 1 fully saturated rings. The molecule has 0 amide bonds. The Kier molecular flexibility index (Phi) is 6.75. The standard InChI is InChI=1S/C21H18F5N3O4/c1-30-13-8-11-12(9-14(13)32-7-4-29-2-5-31-6-3-29)27-10-28-21(11)33-20-18(25)16(23)15(22)17(24)19(20)26/h8-10H,2-7H2,1H3. The Morgan fingerprint density at radius 3 is 2.24 bits per heavy atom. The average molecular weight is 471 g/mol. The summed E-state index contributed by atoms with van der Waals surface area (Å²) < 4.78 is 89.9. The van der Waals surface area contributed by atoms with Crippen molar-refractivity contribution in [2.75, 3.05) is 46.6 Å². The molecule has 176 valence electrons. The lowest BCUT2D eigenvalue weighted by molar-refractivity contribution is 0.0321. The largest absolute Gasteiger partial charge is 0.493 e. The zero-order valence-corrected chi connectivity index (χ0v) is 17.3. The lowest BCUT2D eigenvalue weighted by Gasteiger charge is -2.26. The summed E-state index contributed by atoms with van der Waals surface area (Å²) in [4.78, 5) is 10.0. The molecule has 0 atom stereocenters. The van der Waals surface area contributed by atoms with Gasteiger partial charge in [0.1, 0.15) is 12.9 Å². The second kappa shape index (κ2) is 9.71. The van der Waals surface area contributed by atoms with Crippen molar-refractivity contribution >= 4 is 10.9 Å². The summed E-state index contributed by atoms with van der Waals surface area (Å²) >= 11 is 0. The van der Waals surface area contributed by atoms with Crippen LogP contribution in [0.3, 0.4) is 0 Å². The highest BCUT2D eigenvalue weighted by Gasteiger charge is 2.28. The molecular formula is C21H18F5N3O4. The van der Waals surface area contributed by atoms with E-state index in [-0.39, 0.29) is 16.7 Å². The highest BCUT2D eigenvalue weighted by Crippen LogP contribution is 2.38. The van der Waals surface area contributed by atoms with Crippen LogP contribution in [-0.4, -0.2) is 61.4 Å². The van der Waals surface area contributed by atoms with Crippen LogP contribution in [0, 0.1) is 29.1 Å². The van der Waals surface area contributed by atoms with Crippen LogP contribution in [-0.2, 0) is 4.74 Å². The molecular weight excluding hydrogens is 453 g/mol. The van der Waals surface area contributed by atoms with Gasteiger partial charge in [-0.3, -0.25) is 4.90 Å². The van der Waals surface area contributed by atoms with Gasteiger partial charge in [0.25, 0.3) is 0 Å². The van der Waals surface area contributed by atoms with Gasteiger partial charge in [0.15, 0.2) is 11.5 Å². The minimum Gasteiger partial charge on any atom is -0.493 e. The molecule has 2 heterocycles. The topological polar surface area (TPSA) is 65.9 Å². The smallest absolute Gasteiger partial charge is 0.230 e. The van der Waals surface area contributed by atoms with Crippen LogP contribution in [0.4, 0.5) is 22.0 Å². The van der Waals surface area contributed by atoms with Gasteiger partial charge in [0.05, 0.1) is 31.2 Å². The fraction of sp³-hybridized carbons (Fsp3) is 0.333. The minimum atomic E-state index is -2.29. The quantitative estimate of drug-likeness (QED) is 0.295. The molecule has 7 nitrogen and oxygen atoms in total. The number of methoxy groups -OCH3 is 1. The maximum absolute atomic E-state index is 14.0. The summed E-state index contributed by atoms with van der Waals surface area (Å²) in [7, 11) is 1.38. The Bertz CT molecular complexity index is 1150. The van der Waals surface area contributed by atoms with Gasteiger partial charge in [-0.05, 0) is 6.07 Å². The van der Waals surface area contributed by atoms with Crippen LogP contribution < -0.4 is 14.2 Å². The third-order valence-corrected chi connectivity index (χ3v) is 5.02. The van der Waals surface area contributed by atoms with Crippen molar-refractivity contribution in [1.29, 1.82) is 0 Å². The third-order valence-electron chi connectivity index (χ3n) is 5.02. The molecule has 0 unspecified atom stereocenters. The van der Waals surface area contributed by atoms with E-state index in [1.807, 2.05) is 0 Å². The van der Waals surface area contributed by atoms with E-state index in [9.17, 15) is 22.0 Å². The number of rotatable bonds is 7. The number of hydrogen-bond acceptors (Lipinski definition) is 7. The van der Waals surface area contributed by atoms with Gasteiger partial charge in [-0.1, -0.05) is 0 Å². The van der Waals surface area contributed by atoms with Crippen LogP contribution in [0.2, 0.25) is 0 Å². The minimum absolute atomic E-state index is 0.110. The third kappa shape index (κ3) is 4.62. The van der Waals surface area contributed by atoms with E-state index in [1.54, 1.807) is 0 Å². The molecule has 4 rings (SSSR count). The van der Waals surface area contributed by atoms with Gasteiger partial charge >= 0.3 is 0 Å². The molecule has 12 heteroatoms. The van der Waals surface area contributed by atoms with E-state index in [4.69, 9.17) is 18.9 Å². The van der Waals surface area contributed by atoms with Crippen molar-refractivity contribution in [2.45, 2.75) is 0 Å². The van der Waals surface area contributed by atoms with Crippen LogP contribution >= 0.6 is 0 Å². The molecule has 3 aromatic rings. The van der Waals surface area contributed by atoms with Crippen LogP contribution in [0.1, 0.15) is 0 Å². The molecule has 0 spiro atoms. The second-order valence-corrected chi connectivity index (χ2v) is 7.00. The predicted octanol–water partition coefficient (Wildman–Crippen LogP) is 3.84. The van der Waals surface area contributed by atoms with Crippen molar-refractivity contribution in [3.63, 3.8) is 0 Å². The SMILES string of the molecule is COc1cc2c(Oc3c(F)c(F)c(F)c(F)c3F)ncnc2cc1OCCN1CCOCC1. The number of morpholine rings is 1. The van der Waals surface area contributed by atoms with E-state index >= 15 is 0 Å². The van der Waals surface area contributed by atoms with Crippen molar-refractivity contribution in [2.24, 2.45) is 0 Å². The predicted molar refractivity (Wildman–Crippen MR) is 105 cm³/mol. The molecule has 0 radical (unpaired) electrons. The first kappa shape index (κ1) is 22.9. The van der Waals surface area contributed by atoms with Crippen LogP contribution in [0.15, 0.2) is 18.5 Å². The van der Waals surface area contributed by atoms with E-state index in [0.717, 1.165) is 19.4 Å². The highest BCUT2D eigenvalue weighted by atomic mass is 19.2. The van der Waals surface area contributed by atoms with Crippen molar-refractivity contribution in [1.82, 2.24) is 14.9 Å². The van der Waals surface area contributed by atoms with Gasteiger partial charge in [-0.25, -0.2) is 23.1 Å². The molecule has 0 bridgehead atoms. The van der Waals surface area contributed by atoms with E-state index in [2.05, 4.69) is 14.9 Å². The zero-order chi connectivity index (χ0) is 23.5. The van der Waals surface area contributed by atoms with Gasteiger partial charge in [0.2, 0.25) is 40.7 Å². The number of ether oxygens (including phenoxy) is 4. The van der Waals surface area contributed by atoms with E-state index in [1.165, 1.54) is 19.2 Å².